The third kappa shape index (κ3) is 3.85. The van der Waals surface area contributed by atoms with E-state index in [0.29, 0.717) is 5.35 Å². The molecule has 0 bridgehead atoms. The highest BCUT2D eigenvalue weighted by Crippen LogP contribution is 2.31. The van der Waals surface area contributed by atoms with Crippen molar-refractivity contribution in [1.82, 2.24) is 30.1 Å². The number of allylic oxidation sites excluding steroid dienone is 2. The van der Waals surface area contributed by atoms with Crippen molar-refractivity contribution in [2.75, 3.05) is 0 Å². The number of aromatic nitrogens is 6. The van der Waals surface area contributed by atoms with Crippen LogP contribution in [0, 0.1) is 12.7 Å². The molecule has 1 aromatic carbocycles. The van der Waals surface area contributed by atoms with Crippen LogP contribution in [0.2, 0.25) is 0 Å². The van der Waals surface area contributed by atoms with Crippen molar-refractivity contribution in [2.45, 2.75) is 13.8 Å². The Bertz CT molecular complexity index is 1590. The van der Waals surface area contributed by atoms with Crippen molar-refractivity contribution in [2.24, 2.45) is 0 Å². The average molecular weight is 436 g/mol. The number of halogens is 1. The van der Waals surface area contributed by atoms with Gasteiger partial charge in [-0.2, -0.15) is 5.10 Å². The van der Waals surface area contributed by atoms with Crippen molar-refractivity contribution in [3.8, 4) is 22.5 Å². The third-order valence-corrected chi connectivity index (χ3v) is 5.51. The molecule has 0 saturated carbocycles. The number of H-pyrrole nitrogens is 2. The zero-order valence-corrected chi connectivity index (χ0v) is 18.2. The van der Waals surface area contributed by atoms with Crippen LogP contribution >= 0.6 is 0 Å². The first-order chi connectivity index (χ1) is 16.0. The van der Waals surface area contributed by atoms with E-state index in [4.69, 9.17) is 0 Å². The summed E-state index contributed by atoms with van der Waals surface area (Å²) < 4.78 is 14.1. The lowest BCUT2D eigenvalue weighted by Gasteiger charge is -2.05. The fourth-order valence-corrected chi connectivity index (χ4v) is 3.96. The Morgan fingerprint density at radius 1 is 1.06 bits per heavy atom. The minimum Gasteiger partial charge on any atom is -0.352 e. The van der Waals surface area contributed by atoms with E-state index >= 15 is 0 Å². The lowest BCUT2D eigenvalue weighted by atomic mass is 10.0. The zero-order valence-electron chi connectivity index (χ0n) is 18.2. The van der Waals surface area contributed by atoms with E-state index in [1.54, 1.807) is 31.0 Å². The highest BCUT2D eigenvalue weighted by atomic mass is 19.1. The summed E-state index contributed by atoms with van der Waals surface area (Å²) in [7, 11) is 0. The predicted molar refractivity (Wildman–Crippen MR) is 129 cm³/mol. The SMILES string of the molecule is C=c1[nH]nc(-c2cc3c(-c4cc(C)cc(F)c4)cncc3[nH]2)/c1=C/C(=C\C)c1cnccn1. The second-order valence-electron chi connectivity index (χ2n) is 7.79. The van der Waals surface area contributed by atoms with Crippen LogP contribution < -0.4 is 10.6 Å². The number of nitrogens with one attached hydrogen (secondary N) is 2. The zero-order chi connectivity index (χ0) is 22.9. The molecule has 6 nitrogen and oxygen atoms in total. The molecule has 0 spiro atoms. The van der Waals surface area contributed by atoms with Gasteiger partial charge in [0.15, 0.2) is 0 Å². The van der Waals surface area contributed by atoms with E-state index in [-0.39, 0.29) is 5.82 Å². The molecule has 4 aromatic heterocycles. The molecule has 0 radical (unpaired) electrons. The molecule has 4 heterocycles. The first-order valence-electron chi connectivity index (χ1n) is 10.5. The third-order valence-electron chi connectivity index (χ3n) is 5.51. The quantitative estimate of drug-likeness (QED) is 0.443. The monoisotopic (exact) mass is 436 g/mol. The molecule has 33 heavy (non-hydrogen) atoms. The van der Waals surface area contributed by atoms with Gasteiger partial charge in [0.25, 0.3) is 0 Å². The van der Waals surface area contributed by atoms with Crippen molar-refractivity contribution >= 4 is 29.1 Å². The van der Waals surface area contributed by atoms with Crippen LogP contribution in [0.5, 0.6) is 0 Å². The Morgan fingerprint density at radius 2 is 1.94 bits per heavy atom. The minimum absolute atomic E-state index is 0.272. The Balaban J connectivity index is 1.67. The second-order valence-corrected chi connectivity index (χ2v) is 7.79. The largest absolute Gasteiger partial charge is 0.352 e. The molecule has 0 atom stereocenters. The number of hydrogen-bond donors (Lipinski definition) is 2. The van der Waals surface area contributed by atoms with Gasteiger partial charge >= 0.3 is 0 Å². The average Bonchev–Trinajstić information content (AvgIpc) is 3.40. The molecule has 0 saturated heterocycles. The summed E-state index contributed by atoms with van der Waals surface area (Å²) in [6, 6.07) is 7.00. The maximum atomic E-state index is 14.1. The fourth-order valence-electron chi connectivity index (χ4n) is 3.96. The van der Waals surface area contributed by atoms with Crippen LogP contribution in [0.25, 0.3) is 51.6 Å². The Hall–Kier alpha value is -4.39. The van der Waals surface area contributed by atoms with E-state index in [2.05, 4.69) is 36.7 Å². The maximum absolute atomic E-state index is 14.1. The fraction of sp³-hybridized carbons (Fsp3) is 0.0769. The molecule has 5 rings (SSSR count). The van der Waals surface area contributed by atoms with Gasteiger partial charge in [0, 0.05) is 34.8 Å². The molecule has 0 aliphatic rings. The summed E-state index contributed by atoms with van der Waals surface area (Å²) in [6.07, 6.45) is 12.5. The van der Waals surface area contributed by atoms with Crippen LogP contribution in [-0.4, -0.2) is 30.1 Å². The summed E-state index contributed by atoms with van der Waals surface area (Å²) in [5.41, 5.74) is 6.51. The summed E-state index contributed by atoms with van der Waals surface area (Å²) in [4.78, 5) is 16.3. The number of fused-ring (bicyclic) bond motifs is 1. The number of aromatic amines is 2. The first-order valence-corrected chi connectivity index (χ1v) is 10.5. The second kappa shape index (κ2) is 8.27. The van der Waals surface area contributed by atoms with Crippen LogP contribution in [0.3, 0.4) is 0 Å². The molecule has 2 N–H and O–H groups in total. The number of benzene rings is 1. The standard InChI is InChI=1S/C26H21FN6/c1-4-17(24-13-28-5-6-30-24)10-20-16(3)32-33-26(20)23-11-21-22(12-29-14-25(21)31-23)18-7-15(2)8-19(27)9-18/h4-14,31-32H,3H2,1-2H3/b17-4+,20-10+. The number of nitrogens with zero attached hydrogens (tertiary/aromatic N) is 4. The lowest BCUT2D eigenvalue weighted by molar-refractivity contribution is 0.627. The van der Waals surface area contributed by atoms with Gasteiger partial charge in [-0.05, 0) is 54.8 Å². The minimum atomic E-state index is -0.272. The maximum Gasteiger partial charge on any atom is 0.124 e. The highest BCUT2D eigenvalue weighted by Gasteiger charge is 2.13. The Morgan fingerprint density at radius 3 is 2.70 bits per heavy atom. The number of hydrogen-bond acceptors (Lipinski definition) is 4. The van der Waals surface area contributed by atoms with Crippen molar-refractivity contribution < 1.29 is 4.39 Å². The van der Waals surface area contributed by atoms with Crippen LogP contribution in [-0.2, 0) is 0 Å². The van der Waals surface area contributed by atoms with E-state index in [0.717, 1.165) is 55.5 Å². The van der Waals surface area contributed by atoms with Gasteiger partial charge in [0.05, 0.1) is 34.6 Å². The predicted octanol–water partition coefficient (Wildman–Crippen LogP) is 4.15. The summed E-state index contributed by atoms with van der Waals surface area (Å²) >= 11 is 0. The van der Waals surface area contributed by atoms with Gasteiger partial charge in [0.2, 0.25) is 0 Å². The van der Waals surface area contributed by atoms with Crippen LogP contribution in [0.15, 0.2) is 61.3 Å². The van der Waals surface area contributed by atoms with E-state index in [9.17, 15) is 4.39 Å². The normalized spacial score (nSPS) is 12.6. The van der Waals surface area contributed by atoms with Gasteiger partial charge < -0.3 is 4.98 Å². The van der Waals surface area contributed by atoms with Gasteiger partial charge in [-0.1, -0.05) is 18.7 Å². The van der Waals surface area contributed by atoms with Gasteiger partial charge in [-0.3, -0.25) is 20.1 Å². The molecule has 162 valence electrons. The smallest absolute Gasteiger partial charge is 0.124 e. The molecule has 0 aliphatic heterocycles. The van der Waals surface area contributed by atoms with Crippen molar-refractivity contribution in [1.29, 1.82) is 0 Å². The number of rotatable bonds is 4. The molecule has 0 fully saturated rings. The van der Waals surface area contributed by atoms with Crippen molar-refractivity contribution in [3.05, 3.63) is 89.0 Å². The van der Waals surface area contributed by atoms with Crippen LogP contribution in [0.4, 0.5) is 4.39 Å². The first kappa shape index (κ1) is 20.5. The van der Waals surface area contributed by atoms with E-state index < -0.39 is 0 Å². The molecular weight excluding hydrogens is 415 g/mol. The number of pyridine rings is 1. The summed E-state index contributed by atoms with van der Waals surface area (Å²) in [5, 5.41) is 9.95. The van der Waals surface area contributed by atoms with Gasteiger partial charge in [-0.15, -0.1) is 0 Å². The number of aryl methyl sites for hydroxylation is 1. The molecule has 0 aliphatic carbocycles. The summed E-state index contributed by atoms with van der Waals surface area (Å²) in [6.45, 7) is 7.93. The molecular formula is C26H21FN6. The molecule has 0 amide bonds. The molecule has 5 aromatic rings. The van der Waals surface area contributed by atoms with Crippen LogP contribution in [0.1, 0.15) is 18.2 Å². The van der Waals surface area contributed by atoms with E-state index in [1.807, 2.05) is 38.1 Å². The lowest BCUT2D eigenvalue weighted by Crippen LogP contribution is -2.22. The van der Waals surface area contributed by atoms with Gasteiger partial charge in [0.1, 0.15) is 11.5 Å². The molecule has 7 heteroatoms. The van der Waals surface area contributed by atoms with E-state index in [1.165, 1.54) is 12.1 Å². The summed E-state index contributed by atoms with van der Waals surface area (Å²) in [5.74, 6) is -0.272. The Kier molecular flexibility index (Phi) is 5.14. The topological polar surface area (TPSA) is 83.1 Å². The van der Waals surface area contributed by atoms with Crippen molar-refractivity contribution in [3.63, 3.8) is 0 Å². The Labute approximate surface area is 189 Å². The van der Waals surface area contributed by atoms with Gasteiger partial charge in [-0.25, -0.2) is 4.39 Å². The molecule has 0 unspecified atom stereocenters. The highest BCUT2D eigenvalue weighted by molar-refractivity contribution is 5.97.